The number of hydrogen-bond donors (Lipinski definition) is 1. The van der Waals surface area contributed by atoms with Gasteiger partial charge in [-0.1, -0.05) is 6.92 Å². The zero-order valence-corrected chi connectivity index (χ0v) is 5.61. The van der Waals surface area contributed by atoms with Crippen molar-refractivity contribution in [2.24, 2.45) is 5.73 Å². The Bertz CT molecular complexity index is 46.1. The van der Waals surface area contributed by atoms with Gasteiger partial charge in [0.2, 0.25) is 5.91 Å². The smallest absolute Gasteiger partial charge is 0.217 e. The fourth-order valence-electron chi connectivity index (χ4n) is 0. The summed E-state index contributed by atoms with van der Waals surface area (Å²) in [6.07, 6.45) is 0.444. The van der Waals surface area contributed by atoms with Crippen LogP contribution in [0.15, 0.2) is 0 Å². The fraction of sp³-hybridized carbons (Fsp3) is 0.667. The average molecular weight is 169 g/mol. The zero-order valence-electron chi connectivity index (χ0n) is 3.60. The molecule has 0 aromatic rings. The minimum Gasteiger partial charge on any atom is -0.370 e. The Morgan fingerprint density at radius 1 is 1.83 bits per heavy atom. The molecule has 0 unspecified atom stereocenters. The molecule has 0 aliphatic heterocycles. The van der Waals surface area contributed by atoms with Crippen molar-refractivity contribution in [2.45, 2.75) is 13.3 Å². The number of nitrogens with two attached hydrogens (primary N) is 1. The number of primary amides is 1. The quantitative estimate of drug-likeness (QED) is 0.546. The molecule has 0 radical (unpaired) electrons. The van der Waals surface area contributed by atoms with Gasteiger partial charge < -0.3 is 5.73 Å². The molecular weight excluding hydrogens is 162 g/mol. The monoisotopic (exact) mass is 171 g/mol. The summed E-state index contributed by atoms with van der Waals surface area (Å²) >= 11 is 0. The van der Waals surface area contributed by atoms with E-state index in [0.29, 0.717) is 6.42 Å². The molecule has 0 spiro atoms. The van der Waals surface area contributed by atoms with Gasteiger partial charge in [-0.3, -0.25) is 4.79 Å². The van der Waals surface area contributed by atoms with E-state index in [0.717, 1.165) is 0 Å². The summed E-state index contributed by atoms with van der Waals surface area (Å²) in [5, 5.41) is 0. The van der Waals surface area contributed by atoms with Gasteiger partial charge in [0, 0.05) is 27.5 Å². The summed E-state index contributed by atoms with van der Waals surface area (Å²) in [7, 11) is 0. The van der Waals surface area contributed by atoms with Gasteiger partial charge in [0.25, 0.3) is 0 Å². The van der Waals surface area contributed by atoms with Gasteiger partial charge in [-0.15, -0.1) is 0 Å². The molecule has 0 atom stereocenters. The summed E-state index contributed by atoms with van der Waals surface area (Å²) in [4.78, 5) is 9.59. The molecule has 2 nitrogen and oxygen atoms in total. The van der Waals surface area contributed by atoms with E-state index in [1.807, 2.05) is 0 Å². The van der Waals surface area contributed by atoms with Crippen LogP contribution in [0.25, 0.3) is 0 Å². The molecule has 36 valence electrons. The molecule has 0 heterocycles. The molecule has 0 aliphatic rings. The van der Waals surface area contributed by atoms with Crippen molar-refractivity contribution in [1.29, 1.82) is 0 Å². The number of amides is 1. The Kier molecular flexibility index (Phi) is 8.15. The third-order valence-electron chi connectivity index (χ3n) is 0.348. The molecule has 3 heteroatoms. The van der Waals surface area contributed by atoms with E-state index < -0.39 is 0 Å². The second-order valence-electron chi connectivity index (χ2n) is 0.820. The van der Waals surface area contributed by atoms with E-state index in [1.54, 1.807) is 6.92 Å². The normalized spacial score (nSPS) is 6.17. The van der Waals surface area contributed by atoms with Crippen molar-refractivity contribution in [2.75, 3.05) is 0 Å². The van der Waals surface area contributed by atoms with Crippen molar-refractivity contribution in [3.63, 3.8) is 0 Å². The maximum atomic E-state index is 9.59. The third-order valence-corrected chi connectivity index (χ3v) is 0.348. The standard InChI is InChI=1S/C3H7NO.Mo/c1-2-3(4)5;/h2H2,1H3,(H2,4,5);. The molecule has 0 aromatic heterocycles. The van der Waals surface area contributed by atoms with E-state index in [9.17, 15) is 4.79 Å². The first-order valence-electron chi connectivity index (χ1n) is 1.55. The SMILES string of the molecule is CCC(N)=O.[Mo]. The minimum atomic E-state index is -0.245. The predicted octanol–water partition coefficient (Wildman–Crippen LogP) is -0.121. The van der Waals surface area contributed by atoms with Crippen molar-refractivity contribution in [3.05, 3.63) is 0 Å². The van der Waals surface area contributed by atoms with Crippen LogP contribution in [0.4, 0.5) is 0 Å². The third kappa shape index (κ3) is 8.90. The first-order chi connectivity index (χ1) is 2.27. The molecule has 6 heavy (non-hydrogen) atoms. The van der Waals surface area contributed by atoms with Crippen LogP contribution < -0.4 is 5.73 Å². The Balaban J connectivity index is 0. The molecule has 0 fully saturated rings. The average Bonchev–Trinajstić information content (AvgIpc) is 1.38. The molecule has 0 aliphatic carbocycles. The zero-order chi connectivity index (χ0) is 4.28. The van der Waals surface area contributed by atoms with Gasteiger partial charge in [-0.25, -0.2) is 0 Å². The van der Waals surface area contributed by atoms with Crippen molar-refractivity contribution in [3.8, 4) is 0 Å². The fourth-order valence-corrected chi connectivity index (χ4v) is 0. The first-order valence-corrected chi connectivity index (χ1v) is 1.55. The summed E-state index contributed by atoms with van der Waals surface area (Å²) < 4.78 is 0. The van der Waals surface area contributed by atoms with E-state index in [1.165, 1.54) is 0 Å². The molecule has 0 saturated carbocycles. The van der Waals surface area contributed by atoms with E-state index in [-0.39, 0.29) is 27.0 Å². The summed E-state index contributed by atoms with van der Waals surface area (Å²) in [5.41, 5.74) is 4.65. The Morgan fingerprint density at radius 3 is 2.00 bits per heavy atom. The summed E-state index contributed by atoms with van der Waals surface area (Å²) in [5.74, 6) is -0.245. The van der Waals surface area contributed by atoms with Gasteiger partial charge in [0.05, 0.1) is 0 Å². The molecule has 2 N–H and O–H groups in total. The van der Waals surface area contributed by atoms with Gasteiger partial charge in [-0.05, 0) is 0 Å². The molecule has 0 bridgehead atoms. The maximum absolute atomic E-state index is 9.59. The Morgan fingerprint density at radius 2 is 2.00 bits per heavy atom. The van der Waals surface area contributed by atoms with E-state index >= 15 is 0 Å². The summed E-state index contributed by atoms with van der Waals surface area (Å²) in [6, 6.07) is 0. The predicted molar refractivity (Wildman–Crippen MR) is 19.5 cm³/mol. The van der Waals surface area contributed by atoms with Crippen molar-refractivity contribution in [1.82, 2.24) is 0 Å². The van der Waals surface area contributed by atoms with Gasteiger partial charge in [0.1, 0.15) is 0 Å². The van der Waals surface area contributed by atoms with Crippen LogP contribution in [-0.4, -0.2) is 5.91 Å². The van der Waals surface area contributed by atoms with Gasteiger partial charge in [-0.2, -0.15) is 0 Å². The second kappa shape index (κ2) is 5.16. The van der Waals surface area contributed by atoms with Crippen LogP contribution in [0.2, 0.25) is 0 Å². The largest absolute Gasteiger partial charge is 0.370 e. The van der Waals surface area contributed by atoms with E-state index in [4.69, 9.17) is 0 Å². The van der Waals surface area contributed by atoms with Crippen LogP contribution in [0.5, 0.6) is 0 Å². The van der Waals surface area contributed by atoms with Crippen LogP contribution in [-0.2, 0) is 25.9 Å². The number of rotatable bonds is 1. The second-order valence-corrected chi connectivity index (χ2v) is 0.820. The van der Waals surface area contributed by atoms with Crippen LogP contribution in [0, 0.1) is 0 Å². The maximum Gasteiger partial charge on any atom is 0.217 e. The molecule has 0 aromatic carbocycles. The van der Waals surface area contributed by atoms with E-state index in [2.05, 4.69) is 5.73 Å². The van der Waals surface area contributed by atoms with Gasteiger partial charge >= 0.3 is 0 Å². The molecular formula is C3H7MoNO. The topological polar surface area (TPSA) is 43.1 Å². The van der Waals surface area contributed by atoms with Crippen LogP contribution >= 0.6 is 0 Å². The van der Waals surface area contributed by atoms with Crippen LogP contribution in [0.3, 0.4) is 0 Å². The number of carbonyl (C=O) groups is 1. The van der Waals surface area contributed by atoms with Gasteiger partial charge in [0.15, 0.2) is 0 Å². The Hall–Kier alpha value is 0.158. The number of carbonyl (C=O) groups excluding carboxylic acids is 1. The molecule has 0 rings (SSSR count). The minimum absolute atomic E-state index is 0. The first kappa shape index (κ1) is 9.48. The molecule has 0 saturated heterocycles. The van der Waals surface area contributed by atoms with Crippen molar-refractivity contribution >= 4 is 5.91 Å². The Labute approximate surface area is 51.4 Å². The number of hydrogen-bond acceptors (Lipinski definition) is 1. The summed E-state index contributed by atoms with van der Waals surface area (Å²) in [6.45, 7) is 1.72. The van der Waals surface area contributed by atoms with Crippen molar-refractivity contribution < 1.29 is 25.9 Å². The van der Waals surface area contributed by atoms with Crippen LogP contribution in [0.1, 0.15) is 13.3 Å². The molecule has 1 amide bonds.